The maximum absolute atomic E-state index is 4.41. The van der Waals surface area contributed by atoms with Crippen LogP contribution in [0.25, 0.3) is 11.3 Å². The molecule has 5 heteroatoms. The lowest BCUT2D eigenvalue weighted by atomic mass is 10.2. The zero-order valence-corrected chi connectivity index (χ0v) is 9.95. The molecule has 0 aliphatic rings. The molecule has 1 N–H and O–H groups in total. The van der Waals surface area contributed by atoms with Crippen LogP contribution in [0.5, 0.6) is 0 Å². The number of nitrogens with one attached hydrogen (secondary N) is 1. The molecule has 0 radical (unpaired) electrons. The molecular weight excluding hydrogens is 220 g/mol. The molecule has 2 rings (SSSR count). The van der Waals surface area contributed by atoms with Crippen molar-refractivity contribution in [2.75, 3.05) is 5.43 Å². The smallest absolute Gasteiger partial charge is 0.203 e. The molecule has 0 bridgehead atoms. The predicted octanol–water partition coefficient (Wildman–Crippen LogP) is 3.01. The Bertz CT molecular complexity index is 486. The minimum absolute atomic E-state index is 0.792. The number of pyridine rings is 1. The van der Waals surface area contributed by atoms with Gasteiger partial charge in [0, 0.05) is 29.0 Å². The molecule has 4 nitrogen and oxygen atoms in total. The van der Waals surface area contributed by atoms with Crippen LogP contribution in [0.1, 0.15) is 13.8 Å². The Kier molecular flexibility index (Phi) is 3.26. The number of rotatable bonds is 3. The summed E-state index contributed by atoms with van der Waals surface area (Å²) < 4.78 is 0. The summed E-state index contributed by atoms with van der Waals surface area (Å²) in [5.41, 5.74) is 5.82. The van der Waals surface area contributed by atoms with Gasteiger partial charge in [0.15, 0.2) is 0 Å². The highest BCUT2D eigenvalue weighted by Gasteiger charge is 2.03. The molecule has 0 saturated heterocycles. The van der Waals surface area contributed by atoms with E-state index in [4.69, 9.17) is 0 Å². The summed E-state index contributed by atoms with van der Waals surface area (Å²) in [5, 5.41) is 6.88. The standard InChI is InChI=1S/C11H12N4S/c1-8(2)14-15-11-13-10(7-16-11)9-4-3-5-12-6-9/h3-7H,1-2H3,(H,13,15). The maximum Gasteiger partial charge on any atom is 0.203 e. The van der Waals surface area contributed by atoms with Crippen LogP contribution in [0.3, 0.4) is 0 Å². The Balaban J connectivity index is 2.17. The lowest BCUT2D eigenvalue weighted by Gasteiger charge is -1.95. The van der Waals surface area contributed by atoms with Gasteiger partial charge >= 0.3 is 0 Å². The van der Waals surface area contributed by atoms with Crippen LogP contribution in [-0.2, 0) is 0 Å². The fourth-order valence-corrected chi connectivity index (χ4v) is 1.79. The number of hydrogen-bond donors (Lipinski definition) is 1. The highest BCUT2D eigenvalue weighted by atomic mass is 32.1. The van der Waals surface area contributed by atoms with Gasteiger partial charge < -0.3 is 0 Å². The molecule has 0 saturated carbocycles. The molecule has 0 aliphatic heterocycles. The Morgan fingerprint density at radius 2 is 2.31 bits per heavy atom. The largest absolute Gasteiger partial charge is 0.264 e. The lowest BCUT2D eigenvalue weighted by molar-refractivity contribution is 1.26. The Labute approximate surface area is 98.1 Å². The van der Waals surface area contributed by atoms with Gasteiger partial charge in [0.2, 0.25) is 5.13 Å². The summed E-state index contributed by atoms with van der Waals surface area (Å²) in [4.78, 5) is 8.47. The number of anilines is 1. The minimum Gasteiger partial charge on any atom is -0.264 e. The van der Waals surface area contributed by atoms with Crippen molar-refractivity contribution < 1.29 is 0 Å². The molecule has 0 aromatic carbocycles. The van der Waals surface area contributed by atoms with Gasteiger partial charge in [-0.3, -0.25) is 10.4 Å². The van der Waals surface area contributed by atoms with E-state index >= 15 is 0 Å². The van der Waals surface area contributed by atoms with Gasteiger partial charge in [-0.2, -0.15) is 5.10 Å². The highest BCUT2D eigenvalue weighted by Crippen LogP contribution is 2.23. The molecule has 2 aromatic rings. The number of hydrogen-bond acceptors (Lipinski definition) is 5. The molecular formula is C11H12N4S. The molecule has 16 heavy (non-hydrogen) atoms. The first-order valence-corrected chi connectivity index (χ1v) is 5.76. The third-order valence-corrected chi connectivity index (χ3v) is 2.58. The van der Waals surface area contributed by atoms with Crippen molar-refractivity contribution in [2.24, 2.45) is 5.10 Å². The van der Waals surface area contributed by atoms with Crippen molar-refractivity contribution in [3.05, 3.63) is 29.9 Å². The SMILES string of the molecule is CC(C)=NNc1nc(-c2cccnc2)cs1. The quantitative estimate of drug-likeness (QED) is 0.653. The Hall–Kier alpha value is -1.75. The van der Waals surface area contributed by atoms with Crippen LogP contribution in [0.4, 0.5) is 5.13 Å². The van der Waals surface area contributed by atoms with Crippen LogP contribution in [0.15, 0.2) is 35.0 Å². The maximum atomic E-state index is 4.41. The molecule has 2 aromatic heterocycles. The summed E-state index contributed by atoms with van der Waals surface area (Å²) in [6, 6.07) is 3.89. The summed E-state index contributed by atoms with van der Waals surface area (Å²) in [6.45, 7) is 3.87. The summed E-state index contributed by atoms with van der Waals surface area (Å²) in [5.74, 6) is 0. The van der Waals surface area contributed by atoms with E-state index in [1.807, 2.05) is 31.4 Å². The third-order valence-electron chi connectivity index (χ3n) is 1.84. The van der Waals surface area contributed by atoms with Crippen LogP contribution < -0.4 is 5.43 Å². The van der Waals surface area contributed by atoms with Gasteiger partial charge in [0.05, 0.1) is 5.69 Å². The van der Waals surface area contributed by atoms with E-state index in [1.54, 1.807) is 12.4 Å². The van der Waals surface area contributed by atoms with Crippen LogP contribution >= 0.6 is 11.3 Å². The van der Waals surface area contributed by atoms with E-state index in [0.29, 0.717) is 0 Å². The molecule has 0 aliphatic carbocycles. The minimum atomic E-state index is 0.792. The molecule has 0 spiro atoms. The van der Waals surface area contributed by atoms with Gasteiger partial charge in [0.1, 0.15) is 0 Å². The third kappa shape index (κ3) is 2.64. The van der Waals surface area contributed by atoms with Crippen molar-refractivity contribution >= 4 is 22.2 Å². The zero-order valence-electron chi connectivity index (χ0n) is 9.14. The first-order valence-electron chi connectivity index (χ1n) is 4.88. The highest BCUT2D eigenvalue weighted by molar-refractivity contribution is 7.14. The van der Waals surface area contributed by atoms with E-state index in [9.17, 15) is 0 Å². The zero-order chi connectivity index (χ0) is 11.4. The molecule has 82 valence electrons. The monoisotopic (exact) mass is 232 g/mol. The molecule has 2 heterocycles. The van der Waals surface area contributed by atoms with Gasteiger partial charge in [-0.15, -0.1) is 11.3 Å². The van der Waals surface area contributed by atoms with Crippen LogP contribution in [0, 0.1) is 0 Å². The van der Waals surface area contributed by atoms with Crippen molar-refractivity contribution in [1.29, 1.82) is 0 Å². The predicted molar refractivity (Wildman–Crippen MR) is 67.8 cm³/mol. The van der Waals surface area contributed by atoms with Crippen LogP contribution in [-0.4, -0.2) is 15.7 Å². The molecule has 0 atom stereocenters. The topological polar surface area (TPSA) is 50.2 Å². The second kappa shape index (κ2) is 4.85. The summed E-state index contributed by atoms with van der Waals surface area (Å²) in [7, 11) is 0. The number of nitrogens with zero attached hydrogens (tertiary/aromatic N) is 3. The summed E-state index contributed by atoms with van der Waals surface area (Å²) >= 11 is 1.53. The van der Waals surface area contributed by atoms with Crippen molar-refractivity contribution in [3.8, 4) is 11.3 Å². The van der Waals surface area contributed by atoms with Crippen molar-refractivity contribution in [3.63, 3.8) is 0 Å². The lowest BCUT2D eigenvalue weighted by Crippen LogP contribution is -1.92. The van der Waals surface area contributed by atoms with Crippen molar-refractivity contribution in [2.45, 2.75) is 13.8 Å². The van der Waals surface area contributed by atoms with E-state index < -0.39 is 0 Å². The van der Waals surface area contributed by atoms with E-state index in [-0.39, 0.29) is 0 Å². The second-order valence-corrected chi connectivity index (χ2v) is 4.31. The Morgan fingerprint density at radius 1 is 1.44 bits per heavy atom. The van der Waals surface area contributed by atoms with Gasteiger partial charge in [0.25, 0.3) is 0 Å². The average Bonchev–Trinajstić information content (AvgIpc) is 2.76. The fraction of sp³-hybridized carbons (Fsp3) is 0.182. The Morgan fingerprint density at radius 3 is 3.00 bits per heavy atom. The summed E-state index contributed by atoms with van der Waals surface area (Å²) in [6.07, 6.45) is 3.55. The van der Waals surface area contributed by atoms with E-state index in [1.165, 1.54) is 11.3 Å². The van der Waals surface area contributed by atoms with Crippen LogP contribution in [0.2, 0.25) is 0 Å². The number of aromatic nitrogens is 2. The molecule has 0 unspecified atom stereocenters. The fourth-order valence-electron chi connectivity index (χ4n) is 1.13. The van der Waals surface area contributed by atoms with E-state index in [0.717, 1.165) is 22.1 Å². The van der Waals surface area contributed by atoms with Gasteiger partial charge in [-0.25, -0.2) is 4.98 Å². The number of thiazole rings is 1. The normalized spacial score (nSPS) is 9.88. The van der Waals surface area contributed by atoms with Gasteiger partial charge in [-0.1, -0.05) is 0 Å². The first kappa shape index (κ1) is 10.8. The van der Waals surface area contributed by atoms with Crippen molar-refractivity contribution in [1.82, 2.24) is 9.97 Å². The molecule has 0 amide bonds. The average molecular weight is 232 g/mol. The van der Waals surface area contributed by atoms with E-state index in [2.05, 4.69) is 20.5 Å². The van der Waals surface area contributed by atoms with Gasteiger partial charge in [-0.05, 0) is 26.0 Å². The first-order chi connectivity index (χ1) is 7.75. The second-order valence-electron chi connectivity index (χ2n) is 3.45. The molecule has 0 fully saturated rings. The number of hydrazone groups is 1.